The Kier molecular flexibility index (Phi) is 4.23. The minimum Gasteiger partial charge on any atom is -0.347 e. The third-order valence-electron chi connectivity index (χ3n) is 3.44. The second-order valence-electron chi connectivity index (χ2n) is 5.26. The van der Waals surface area contributed by atoms with Crippen molar-refractivity contribution in [3.05, 3.63) is 53.1 Å². The monoisotopic (exact) mass is 271 g/mol. The lowest BCUT2D eigenvalue weighted by Crippen LogP contribution is -2.24. The summed E-state index contributed by atoms with van der Waals surface area (Å²) in [5.74, 6) is -0.139. The fourth-order valence-electron chi connectivity index (χ4n) is 2.58. The van der Waals surface area contributed by atoms with Crippen molar-refractivity contribution in [1.29, 1.82) is 0 Å². The molecule has 2 aromatic rings. The first kappa shape index (κ1) is 14.3. The van der Waals surface area contributed by atoms with Crippen molar-refractivity contribution in [2.75, 3.05) is 0 Å². The summed E-state index contributed by atoms with van der Waals surface area (Å²) in [6.45, 7) is 9.04. The number of carbonyl (C=O) groups excluding carboxylic acids is 1. The summed E-state index contributed by atoms with van der Waals surface area (Å²) in [6, 6.07) is 7.88. The maximum Gasteiger partial charge on any atom is 0.270 e. The van der Waals surface area contributed by atoms with E-state index in [1.165, 1.54) is 11.4 Å². The van der Waals surface area contributed by atoms with Gasteiger partial charge in [0.1, 0.15) is 5.69 Å². The highest BCUT2D eigenvalue weighted by Gasteiger charge is 2.12. The molecule has 0 atom stereocenters. The van der Waals surface area contributed by atoms with Gasteiger partial charge in [0.15, 0.2) is 0 Å². The number of nitrogens with zero attached hydrogens (tertiary/aromatic N) is 2. The topological polar surface area (TPSA) is 46.9 Å². The van der Waals surface area contributed by atoms with Crippen molar-refractivity contribution >= 4 is 5.91 Å². The summed E-state index contributed by atoms with van der Waals surface area (Å²) in [5.41, 5.74) is 4.03. The molecule has 0 fully saturated rings. The normalized spacial score (nSPS) is 10.8. The summed E-state index contributed by atoms with van der Waals surface area (Å²) in [4.78, 5) is 16.0. The number of hydrogen-bond acceptors (Lipinski definition) is 2. The molecule has 0 saturated heterocycles. The molecule has 0 aliphatic heterocycles. The van der Waals surface area contributed by atoms with E-state index in [4.69, 9.17) is 0 Å². The molecule has 4 heteroatoms. The maximum atomic E-state index is 12.0. The molecular formula is C16H21N3O. The molecule has 4 nitrogen and oxygen atoms in total. The number of aromatic nitrogens is 2. The van der Waals surface area contributed by atoms with Crippen LogP contribution in [0.25, 0.3) is 0 Å². The molecule has 106 valence electrons. The van der Waals surface area contributed by atoms with E-state index >= 15 is 0 Å². The maximum absolute atomic E-state index is 12.0. The third kappa shape index (κ3) is 2.90. The number of hydrogen-bond donors (Lipinski definition) is 1. The summed E-state index contributed by atoms with van der Waals surface area (Å²) >= 11 is 0. The highest BCUT2D eigenvalue weighted by atomic mass is 16.1. The summed E-state index contributed by atoms with van der Waals surface area (Å²) in [6.07, 6.45) is 1.62. The van der Waals surface area contributed by atoms with E-state index in [2.05, 4.69) is 48.6 Å². The van der Waals surface area contributed by atoms with Gasteiger partial charge in [0.25, 0.3) is 5.91 Å². The van der Waals surface area contributed by atoms with Gasteiger partial charge in [-0.2, -0.15) is 0 Å². The second kappa shape index (κ2) is 5.90. The van der Waals surface area contributed by atoms with Crippen LogP contribution >= 0.6 is 0 Å². The van der Waals surface area contributed by atoms with Crippen molar-refractivity contribution in [2.45, 2.75) is 40.3 Å². The summed E-state index contributed by atoms with van der Waals surface area (Å²) < 4.78 is 2.28. The molecule has 0 aliphatic carbocycles. The fraction of sp³-hybridized carbons (Fsp3) is 0.375. The molecule has 1 N–H and O–H groups in total. The van der Waals surface area contributed by atoms with E-state index < -0.39 is 0 Å². The van der Waals surface area contributed by atoms with Crippen LogP contribution in [0.2, 0.25) is 0 Å². The van der Waals surface area contributed by atoms with Crippen LogP contribution in [-0.4, -0.2) is 15.5 Å². The van der Waals surface area contributed by atoms with Crippen molar-refractivity contribution in [3.63, 3.8) is 0 Å². The lowest BCUT2D eigenvalue weighted by molar-refractivity contribution is 0.0946. The van der Waals surface area contributed by atoms with Crippen LogP contribution in [0.4, 0.5) is 0 Å². The van der Waals surface area contributed by atoms with Crippen LogP contribution in [0, 0.1) is 13.8 Å². The van der Waals surface area contributed by atoms with Gasteiger partial charge in [0.2, 0.25) is 0 Å². The lowest BCUT2D eigenvalue weighted by Gasteiger charge is -2.14. The molecule has 2 aromatic heterocycles. The number of amides is 1. The largest absolute Gasteiger partial charge is 0.347 e. The molecule has 0 aromatic carbocycles. The van der Waals surface area contributed by atoms with Gasteiger partial charge in [0.05, 0.1) is 0 Å². The van der Waals surface area contributed by atoms with Crippen molar-refractivity contribution in [2.24, 2.45) is 0 Å². The van der Waals surface area contributed by atoms with E-state index in [0.29, 0.717) is 18.3 Å². The van der Waals surface area contributed by atoms with Crippen LogP contribution in [0.1, 0.15) is 47.3 Å². The Labute approximate surface area is 119 Å². The van der Waals surface area contributed by atoms with Gasteiger partial charge < -0.3 is 9.88 Å². The molecule has 20 heavy (non-hydrogen) atoms. The third-order valence-corrected chi connectivity index (χ3v) is 3.44. The number of rotatable bonds is 4. The molecule has 2 heterocycles. The fourth-order valence-corrected chi connectivity index (χ4v) is 2.58. The van der Waals surface area contributed by atoms with E-state index in [1.54, 1.807) is 18.3 Å². The summed E-state index contributed by atoms with van der Waals surface area (Å²) in [7, 11) is 0. The zero-order valence-electron chi connectivity index (χ0n) is 12.5. The Morgan fingerprint density at radius 3 is 2.65 bits per heavy atom. The SMILES string of the molecule is Cc1cc(CNC(=O)c2ccccn2)c(C)n1C(C)C. The van der Waals surface area contributed by atoms with Gasteiger partial charge >= 0.3 is 0 Å². The van der Waals surface area contributed by atoms with Gasteiger partial charge in [-0.15, -0.1) is 0 Å². The average molecular weight is 271 g/mol. The molecule has 0 saturated carbocycles. The average Bonchev–Trinajstić information content (AvgIpc) is 2.71. The first-order valence-electron chi connectivity index (χ1n) is 6.87. The number of aryl methyl sites for hydroxylation is 1. The molecule has 0 bridgehead atoms. The van der Waals surface area contributed by atoms with Crippen LogP contribution < -0.4 is 5.32 Å². The Morgan fingerprint density at radius 2 is 2.10 bits per heavy atom. The number of pyridine rings is 1. The predicted octanol–water partition coefficient (Wildman–Crippen LogP) is 3.01. The van der Waals surface area contributed by atoms with E-state index in [0.717, 1.165) is 5.56 Å². The van der Waals surface area contributed by atoms with Crippen molar-refractivity contribution in [1.82, 2.24) is 14.9 Å². The quantitative estimate of drug-likeness (QED) is 0.929. The summed E-state index contributed by atoms with van der Waals surface area (Å²) in [5, 5.41) is 2.92. The highest BCUT2D eigenvalue weighted by Crippen LogP contribution is 2.19. The molecule has 0 spiro atoms. The highest BCUT2D eigenvalue weighted by molar-refractivity contribution is 5.92. The van der Waals surface area contributed by atoms with Gasteiger partial charge in [-0.3, -0.25) is 9.78 Å². The molecule has 0 unspecified atom stereocenters. The van der Waals surface area contributed by atoms with Crippen LogP contribution in [-0.2, 0) is 6.54 Å². The van der Waals surface area contributed by atoms with E-state index in [1.807, 2.05) is 6.07 Å². The van der Waals surface area contributed by atoms with Crippen molar-refractivity contribution < 1.29 is 4.79 Å². The van der Waals surface area contributed by atoms with Gasteiger partial charge in [-0.1, -0.05) is 6.07 Å². The van der Waals surface area contributed by atoms with Gasteiger partial charge in [-0.05, 0) is 51.5 Å². The van der Waals surface area contributed by atoms with Crippen molar-refractivity contribution in [3.8, 4) is 0 Å². The van der Waals surface area contributed by atoms with Crippen LogP contribution in [0.3, 0.4) is 0 Å². The second-order valence-corrected chi connectivity index (χ2v) is 5.26. The predicted molar refractivity (Wildman–Crippen MR) is 79.7 cm³/mol. The zero-order valence-corrected chi connectivity index (χ0v) is 12.5. The minimum absolute atomic E-state index is 0.139. The Bertz CT molecular complexity index is 600. The van der Waals surface area contributed by atoms with Gasteiger partial charge in [0, 0.05) is 30.2 Å². The van der Waals surface area contributed by atoms with E-state index in [9.17, 15) is 4.79 Å². The Morgan fingerprint density at radius 1 is 1.35 bits per heavy atom. The zero-order chi connectivity index (χ0) is 14.7. The smallest absolute Gasteiger partial charge is 0.270 e. The lowest BCUT2D eigenvalue weighted by atomic mass is 10.2. The molecule has 2 rings (SSSR count). The first-order chi connectivity index (χ1) is 9.50. The van der Waals surface area contributed by atoms with Gasteiger partial charge in [-0.25, -0.2) is 0 Å². The molecule has 1 amide bonds. The van der Waals surface area contributed by atoms with Crippen LogP contribution in [0.15, 0.2) is 30.5 Å². The molecular weight excluding hydrogens is 250 g/mol. The van der Waals surface area contributed by atoms with E-state index in [-0.39, 0.29) is 5.91 Å². The Hall–Kier alpha value is -2.10. The number of carbonyl (C=O) groups is 1. The first-order valence-corrected chi connectivity index (χ1v) is 6.87. The standard InChI is InChI=1S/C16H21N3O/c1-11(2)19-12(3)9-14(13(19)4)10-18-16(20)15-7-5-6-8-17-15/h5-9,11H,10H2,1-4H3,(H,18,20). The molecule has 0 aliphatic rings. The van der Waals surface area contributed by atoms with Crippen LogP contribution in [0.5, 0.6) is 0 Å². The molecule has 0 radical (unpaired) electrons. The Balaban J connectivity index is 2.09. The number of nitrogens with one attached hydrogen (secondary N) is 1. The minimum atomic E-state index is -0.139.